The Labute approximate surface area is 120 Å². The highest BCUT2D eigenvalue weighted by atomic mass is 15.3. The molecule has 1 aliphatic rings. The molecule has 0 saturated heterocycles. The molecule has 0 aromatic carbocycles. The van der Waals surface area contributed by atoms with Crippen LogP contribution in [0.4, 0.5) is 0 Å². The zero-order valence-corrected chi connectivity index (χ0v) is 12.3. The van der Waals surface area contributed by atoms with Crippen LogP contribution in [-0.4, -0.2) is 20.8 Å². The summed E-state index contributed by atoms with van der Waals surface area (Å²) in [7, 11) is 0. The molecule has 1 aliphatic carbocycles. The molecule has 0 aliphatic heterocycles. The fourth-order valence-electron chi connectivity index (χ4n) is 2.33. The third-order valence-electron chi connectivity index (χ3n) is 3.56. The van der Waals surface area contributed by atoms with Crippen molar-refractivity contribution in [1.82, 2.24) is 20.1 Å². The van der Waals surface area contributed by atoms with E-state index in [-0.39, 0.29) is 0 Å². The maximum atomic E-state index is 4.72. The number of hydrogen-bond acceptors (Lipinski definition) is 3. The largest absolute Gasteiger partial charge is 0.310 e. The van der Waals surface area contributed by atoms with Gasteiger partial charge in [0, 0.05) is 24.5 Å². The van der Waals surface area contributed by atoms with Crippen LogP contribution in [-0.2, 0) is 13.0 Å². The van der Waals surface area contributed by atoms with Gasteiger partial charge in [-0.2, -0.15) is 5.10 Å². The molecule has 1 fully saturated rings. The standard InChI is InChI=1S/C16H22N4/c1-3-4-15-9-13(11-17-14-5-6-14)10-16(18-15)20-8-7-12(2)19-20/h7-10,14,17H,3-6,11H2,1-2H3. The molecule has 4 nitrogen and oxygen atoms in total. The van der Waals surface area contributed by atoms with Crippen molar-refractivity contribution in [3.8, 4) is 5.82 Å². The lowest BCUT2D eigenvalue weighted by molar-refractivity contribution is 0.683. The van der Waals surface area contributed by atoms with Gasteiger partial charge in [-0.1, -0.05) is 13.3 Å². The predicted molar refractivity (Wildman–Crippen MR) is 80.0 cm³/mol. The van der Waals surface area contributed by atoms with E-state index in [4.69, 9.17) is 4.98 Å². The van der Waals surface area contributed by atoms with E-state index in [2.05, 4.69) is 29.5 Å². The Morgan fingerprint density at radius 3 is 2.85 bits per heavy atom. The second kappa shape index (κ2) is 5.75. The summed E-state index contributed by atoms with van der Waals surface area (Å²) >= 11 is 0. The highest BCUT2D eigenvalue weighted by Crippen LogP contribution is 2.20. The van der Waals surface area contributed by atoms with E-state index in [9.17, 15) is 0 Å². The summed E-state index contributed by atoms with van der Waals surface area (Å²) in [6, 6.07) is 7.10. The van der Waals surface area contributed by atoms with Crippen LogP contribution in [0.5, 0.6) is 0 Å². The first-order chi connectivity index (χ1) is 9.74. The highest BCUT2D eigenvalue weighted by molar-refractivity contribution is 5.31. The molecular weight excluding hydrogens is 248 g/mol. The van der Waals surface area contributed by atoms with Gasteiger partial charge in [0.05, 0.1) is 5.69 Å². The summed E-state index contributed by atoms with van der Waals surface area (Å²) in [5.74, 6) is 0.927. The molecule has 2 aromatic heterocycles. The minimum absolute atomic E-state index is 0.730. The van der Waals surface area contributed by atoms with Crippen LogP contribution >= 0.6 is 0 Å². The van der Waals surface area contributed by atoms with E-state index >= 15 is 0 Å². The molecule has 0 spiro atoms. The highest BCUT2D eigenvalue weighted by Gasteiger charge is 2.20. The minimum atomic E-state index is 0.730. The van der Waals surface area contributed by atoms with Gasteiger partial charge < -0.3 is 5.32 Å². The molecule has 3 rings (SSSR count). The van der Waals surface area contributed by atoms with Crippen molar-refractivity contribution in [1.29, 1.82) is 0 Å². The quantitative estimate of drug-likeness (QED) is 0.877. The van der Waals surface area contributed by atoms with Crippen LogP contribution in [0.3, 0.4) is 0 Å². The number of hydrogen-bond donors (Lipinski definition) is 1. The summed E-state index contributed by atoms with van der Waals surface area (Å²) < 4.78 is 1.87. The Morgan fingerprint density at radius 2 is 2.20 bits per heavy atom. The summed E-state index contributed by atoms with van der Waals surface area (Å²) in [6.07, 6.45) is 6.75. The molecule has 4 heteroatoms. The number of aryl methyl sites for hydroxylation is 2. The number of nitrogens with one attached hydrogen (secondary N) is 1. The van der Waals surface area contributed by atoms with Gasteiger partial charge in [-0.3, -0.25) is 0 Å². The van der Waals surface area contributed by atoms with E-state index in [1.807, 2.05) is 23.9 Å². The Morgan fingerprint density at radius 1 is 1.35 bits per heavy atom. The van der Waals surface area contributed by atoms with Gasteiger partial charge >= 0.3 is 0 Å². The van der Waals surface area contributed by atoms with E-state index < -0.39 is 0 Å². The van der Waals surface area contributed by atoms with E-state index in [0.717, 1.165) is 42.6 Å². The third-order valence-corrected chi connectivity index (χ3v) is 3.56. The van der Waals surface area contributed by atoms with Crippen molar-refractivity contribution in [3.05, 3.63) is 41.3 Å². The Balaban J connectivity index is 1.86. The van der Waals surface area contributed by atoms with Crippen LogP contribution in [0.1, 0.15) is 43.1 Å². The van der Waals surface area contributed by atoms with Crippen LogP contribution in [0, 0.1) is 6.92 Å². The average molecular weight is 270 g/mol. The summed E-state index contributed by atoms with van der Waals surface area (Å²) in [6.45, 7) is 5.12. The lowest BCUT2D eigenvalue weighted by Gasteiger charge is -2.09. The van der Waals surface area contributed by atoms with Gasteiger partial charge in [-0.15, -0.1) is 0 Å². The van der Waals surface area contributed by atoms with E-state index in [1.165, 1.54) is 18.4 Å². The molecule has 106 valence electrons. The van der Waals surface area contributed by atoms with Crippen LogP contribution in [0.25, 0.3) is 5.82 Å². The van der Waals surface area contributed by atoms with Crippen molar-refractivity contribution < 1.29 is 0 Å². The zero-order valence-electron chi connectivity index (χ0n) is 12.3. The number of rotatable bonds is 6. The van der Waals surface area contributed by atoms with Crippen molar-refractivity contribution in [3.63, 3.8) is 0 Å². The normalized spacial score (nSPS) is 14.7. The molecule has 0 atom stereocenters. The van der Waals surface area contributed by atoms with E-state index in [0.29, 0.717) is 0 Å². The van der Waals surface area contributed by atoms with Crippen molar-refractivity contribution in [2.75, 3.05) is 0 Å². The molecular formula is C16H22N4. The molecule has 0 bridgehead atoms. The maximum absolute atomic E-state index is 4.72. The van der Waals surface area contributed by atoms with E-state index in [1.54, 1.807) is 0 Å². The fraction of sp³-hybridized carbons (Fsp3) is 0.500. The van der Waals surface area contributed by atoms with Crippen LogP contribution in [0.2, 0.25) is 0 Å². The number of nitrogens with zero attached hydrogens (tertiary/aromatic N) is 3. The second-order valence-electron chi connectivity index (χ2n) is 5.63. The first-order valence-corrected chi connectivity index (χ1v) is 7.50. The SMILES string of the molecule is CCCc1cc(CNC2CC2)cc(-n2ccc(C)n2)n1. The second-order valence-corrected chi connectivity index (χ2v) is 5.63. The van der Waals surface area contributed by atoms with Crippen molar-refractivity contribution in [2.45, 2.75) is 52.1 Å². The molecule has 20 heavy (non-hydrogen) atoms. The maximum Gasteiger partial charge on any atom is 0.153 e. The van der Waals surface area contributed by atoms with Gasteiger partial charge in [-0.05, 0) is 49.9 Å². The molecule has 0 radical (unpaired) electrons. The smallest absolute Gasteiger partial charge is 0.153 e. The topological polar surface area (TPSA) is 42.7 Å². The number of pyridine rings is 1. The first kappa shape index (κ1) is 13.3. The summed E-state index contributed by atoms with van der Waals surface area (Å²) in [4.78, 5) is 4.72. The molecule has 1 saturated carbocycles. The van der Waals surface area contributed by atoms with Gasteiger partial charge in [0.2, 0.25) is 0 Å². The van der Waals surface area contributed by atoms with Gasteiger partial charge in [0.15, 0.2) is 5.82 Å². The lowest BCUT2D eigenvalue weighted by Crippen LogP contribution is -2.16. The van der Waals surface area contributed by atoms with Crippen LogP contribution in [0.15, 0.2) is 24.4 Å². The van der Waals surface area contributed by atoms with Gasteiger partial charge in [-0.25, -0.2) is 9.67 Å². The van der Waals surface area contributed by atoms with Crippen molar-refractivity contribution in [2.24, 2.45) is 0 Å². The van der Waals surface area contributed by atoms with Crippen LogP contribution < -0.4 is 5.32 Å². The first-order valence-electron chi connectivity index (χ1n) is 7.50. The summed E-state index contributed by atoms with van der Waals surface area (Å²) in [5.41, 5.74) is 3.48. The molecule has 0 amide bonds. The zero-order chi connectivity index (χ0) is 13.9. The average Bonchev–Trinajstić information content (AvgIpc) is 3.17. The van der Waals surface area contributed by atoms with Crippen molar-refractivity contribution >= 4 is 0 Å². The monoisotopic (exact) mass is 270 g/mol. The molecule has 0 unspecified atom stereocenters. The minimum Gasteiger partial charge on any atom is -0.310 e. The Kier molecular flexibility index (Phi) is 3.83. The fourth-order valence-corrected chi connectivity index (χ4v) is 2.33. The lowest BCUT2D eigenvalue weighted by atomic mass is 10.1. The molecule has 2 aromatic rings. The Bertz CT molecular complexity index is 584. The van der Waals surface area contributed by atoms with Gasteiger partial charge in [0.1, 0.15) is 0 Å². The Hall–Kier alpha value is -1.68. The molecule has 1 N–H and O–H groups in total. The van der Waals surface area contributed by atoms with Gasteiger partial charge in [0.25, 0.3) is 0 Å². The number of aromatic nitrogens is 3. The molecule has 2 heterocycles. The third kappa shape index (κ3) is 3.25. The predicted octanol–water partition coefficient (Wildman–Crippen LogP) is 2.78. The summed E-state index contributed by atoms with van der Waals surface area (Å²) in [5, 5.41) is 8.03.